The molecule has 1 heterocycles. The molecule has 0 amide bonds. The maximum absolute atomic E-state index is 13.5. The van der Waals surface area contributed by atoms with Gasteiger partial charge in [0.05, 0.1) is 16.6 Å². The van der Waals surface area contributed by atoms with E-state index in [1.165, 1.54) is 0 Å². The molecule has 3 aromatic rings. The molecule has 0 bridgehead atoms. The molecule has 2 aromatic carbocycles. The van der Waals surface area contributed by atoms with E-state index in [4.69, 9.17) is 16.6 Å². The van der Waals surface area contributed by atoms with E-state index >= 15 is 0 Å². The molecule has 0 fully saturated rings. The van der Waals surface area contributed by atoms with Gasteiger partial charge in [0.25, 0.3) is 5.56 Å². The van der Waals surface area contributed by atoms with E-state index in [1.807, 2.05) is 58.0 Å². The van der Waals surface area contributed by atoms with Crippen LogP contribution in [0.25, 0.3) is 22.2 Å². The number of Topliss-reactive ketones (excluding diaryl/α,β-unsaturated/α-hetero) is 1. The maximum Gasteiger partial charge on any atom is 0.265 e. The van der Waals surface area contributed by atoms with Crippen molar-refractivity contribution in [2.45, 2.75) is 47.0 Å². The average Bonchev–Trinajstić information content (AvgIpc) is 2.66. The van der Waals surface area contributed by atoms with E-state index in [0.29, 0.717) is 28.2 Å². The zero-order valence-corrected chi connectivity index (χ0v) is 18.2. The zero-order chi connectivity index (χ0) is 21.3. The van der Waals surface area contributed by atoms with Gasteiger partial charge in [-0.2, -0.15) is 0 Å². The average molecular weight is 409 g/mol. The fourth-order valence-corrected chi connectivity index (χ4v) is 3.62. The highest BCUT2D eigenvalue weighted by Crippen LogP contribution is 2.28. The Morgan fingerprint density at radius 2 is 1.79 bits per heavy atom. The van der Waals surface area contributed by atoms with Crippen molar-refractivity contribution in [2.75, 3.05) is 0 Å². The molecule has 0 spiro atoms. The summed E-state index contributed by atoms with van der Waals surface area (Å²) in [5.74, 6) is 0.830. The quantitative estimate of drug-likeness (QED) is 0.531. The van der Waals surface area contributed by atoms with Gasteiger partial charge in [-0.15, -0.1) is 0 Å². The topological polar surface area (TPSA) is 52.0 Å². The van der Waals surface area contributed by atoms with Crippen molar-refractivity contribution in [2.24, 2.45) is 0 Å². The van der Waals surface area contributed by atoms with Crippen LogP contribution in [-0.4, -0.2) is 15.3 Å². The number of halogens is 1. The summed E-state index contributed by atoms with van der Waals surface area (Å²) in [6.07, 6.45) is 2.27. The molecule has 29 heavy (non-hydrogen) atoms. The van der Waals surface area contributed by atoms with E-state index in [-0.39, 0.29) is 17.3 Å². The van der Waals surface area contributed by atoms with Gasteiger partial charge in [-0.1, -0.05) is 37.6 Å². The van der Waals surface area contributed by atoms with Crippen LogP contribution in [0.3, 0.4) is 0 Å². The fraction of sp³-hybridized carbons (Fsp3) is 0.292. The molecule has 0 aliphatic heterocycles. The highest BCUT2D eigenvalue weighted by atomic mass is 35.5. The number of rotatable bonds is 5. The summed E-state index contributed by atoms with van der Waals surface area (Å²) in [4.78, 5) is 29.9. The van der Waals surface area contributed by atoms with E-state index in [2.05, 4.69) is 0 Å². The second-order valence-corrected chi connectivity index (χ2v) is 8.13. The first-order chi connectivity index (χ1) is 13.7. The molecule has 3 rings (SSSR count). The van der Waals surface area contributed by atoms with Crippen LogP contribution in [0.15, 0.2) is 47.3 Å². The van der Waals surface area contributed by atoms with Crippen LogP contribution in [0.1, 0.15) is 57.0 Å². The Balaban J connectivity index is 2.37. The molecule has 150 valence electrons. The van der Waals surface area contributed by atoms with Crippen molar-refractivity contribution in [1.82, 2.24) is 9.55 Å². The van der Waals surface area contributed by atoms with Crippen molar-refractivity contribution in [1.29, 1.82) is 0 Å². The van der Waals surface area contributed by atoms with Crippen molar-refractivity contribution in [3.05, 3.63) is 74.8 Å². The molecule has 4 nitrogen and oxygen atoms in total. The van der Waals surface area contributed by atoms with E-state index in [9.17, 15) is 9.59 Å². The SMILES string of the molecule is CC(=O)C/C=C(/C)c1c(C)ccc2c(=O)n(-c3ccc(Cl)cc3)c(C(C)C)nc12. The van der Waals surface area contributed by atoms with Gasteiger partial charge in [0.15, 0.2) is 0 Å². The number of benzene rings is 2. The van der Waals surface area contributed by atoms with Crippen LogP contribution in [-0.2, 0) is 4.79 Å². The summed E-state index contributed by atoms with van der Waals surface area (Å²) in [5.41, 5.74) is 4.21. The number of ketones is 1. The number of allylic oxidation sites excluding steroid dienone is 2. The highest BCUT2D eigenvalue weighted by Gasteiger charge is 2.18. The number of fused-ring (bicyclic) bond motifs is 1. The number of hydrogen-bond donors (Lipinski definition) is 0. The largest absolute Gasteiger partial charge is 0.300 e. The van der Waals surface area contributed by atoms with E-state index < -0.39 is 0 Å². The molecule has 0 aliphatic carbocycles. The van der Waals surface area contributed by atoms with Crippen LogP contribution in [0, 0.1) is 6.92 Å². The van der Waals surface area contributed by atoms with Gasteiger partial charge in [0, 0.05) is 22.9 Å². The smallest absolute Gasteiger partial charge is 0.265 e. The Kier molecular flexibility index (Phi) is 6.04. The van der Waals surface area contributed by atoms with Gasteiger partial charge in [-0.25, -0.2) is 4.98 Å². The van der Waals surface area contributed by atoms with Crippen LogP contribution < -0.4 is 5.56 Å². The fourth-order valence-electron chi connectivity index (χ4n) is 3.49. The molecular formula is C24H25ClN2O2. The molecule has 0 atom stereocenters. The molecule has 5 heteroatoms. The third-order valence-electron chi connectivity index (χ3n) is 4.97. The molecule has 0 radical (unpaired) electrons. The van der Waals surface area contributed by atoms with Crippen molar-refractivity contribution in [3.8, 4) is 5.69 Å². The minimum Gasteiger partial charge on any atom is -0.300 e. The summed E-state index contributed by atoms with van der Waals surface area (Å²) < 4.78 is 1.66. The van der Waals surface area contributed by atoms with Crippen LogP contribution >= 0.6 is 11.6 Å². The number of carbonyl (C=O) groups is 1. The van der Waals surface area contributed by atoms with Gasteiger partial charge in [-0.05, 0) is 62.2 Å². The minimum atomic E-state index is -0.110. The summed E-state index contributed by atoms with van der Waals surface area (Å²) in [5, 5.41) is 1.17. The summed E-state index contributed by atoms with van der Waals surface area (Å²) in [6.45, 7) is 9.58. The number of aryl methyl sites for hydroxylation is 1. The predicted octanol–water partition coefficient (Wildman–Crippen LogP) is 5.85. The third-order valence-corrected chi connectivity index (χ3v) is 5.22. The van der Waals surface area contributed by atoms with Gasteiger partial charge >= 0.3 is 0 Å². The molecular weight excluding hydrogens is 384 g/mol. The van der Waals surface area contributed by atoms with Crippen molar-refractivity contribution >= 4 is 33.9 Å². The lowest BCUT2D eigenvalue weighted by Crippen LogP contribution is -2.25. The number of aromatic nitrogens is 2. The first kappa shape index (κ1) is 21.0. The first-order valence-electron chi connectivity index (χ1n) is 9.69. The van der Waals surface area contributed by atoms with Crippen LogP contribution in [0.4, 0.5) is 0 Å². The Morgan fingerprint density at radius 3 is 2.38 bits per heavy atom. The van der Waals surface area contributed by atoms with E-state index in [1.54, 1.807) is 23.6 Å². The van der Waals surface area contributed by atoms with Crippen molar-refractivity contribution in [3.63, 3.8) is 0 Å². The molecule has 0 saturated carbocycles. The lowest BCUT2D eigenvalue weighted by Gasteiger charge is -2.18. The summed E-state index contributed by atoms with van der Waals surface area (Å²) in [7, 11) is 0. The molecule has 0 N–H and O–H groups in total. The van der Waals surface area contributed by atoms with Gasteiger partial charge < -0.3 is 0 Å². The summed E-state index contributed by atoms with van der Waals surface area (Å²) in [6, 6.07) is 11.0. The number of hydrogen-bond acceptors (Lipinski definition) is 3. The predicted molar refractivity (Wildman–Crippen MR) is 120 cm³/mol. The Hall–Kier alpha value is -2.72. The van der Waals surface area contributed by atoms with Gasteiger partial charge in [0.2, 0.25) is 0 Å². The Labute approximate surface area is 175 Å². The van der Waals surface area contributed by atoms with Gasteiger partial charge in [-0.3, -0.25) is 14.2 Å². The molecule has 0 aliphatic rings. The maximum atomic E-state index is 13.5. The zero-order valence-electron chi connectivity index (χ0n) is 17.4. The molecule has 0 saturated heterocycles. The van der Waals surface area contributed by atoms with Gasteiger partial charge in [0.1, 0.15) is 11.6 Å². The number of carbonyl (C=O) groups excluding carboxylic acids is 1. The third kappa shape index (κ3) is 4.18. The normalized spacial score (nSPS) is 12.0. The Bertz CT molecular complexity index is 1170. The highest BCUT2D eigenvalue weighted by molar-refractivity contribution is 6.30. The first-order valence-corrected chi connectivity index (χ1v) is 10.1. The molecule has 1 aromatic heterocycles. The van der Waals surface area contributed by atoms with Crippen molar-refractivity contribution < 1.29 is 4.79 Å². The van der Waals surface area contributed by atoms with Crippen LogP contribution in [0.5, 0.6) is 0 Å². The second-order valence-electron chi connectivity index (χ2n) is 7.69. The van der Waals surface area contributed by atoms with E-state index in [0.717, 1.165) is 22.4 Å². The lowest BCUT2D eigenvalue weighted by atomic mass is 9.97. The summed E-state index contributed by atoms with van der Waals surface area (Å²) >= 11 is 6.03. The molecule has 0 unspecified atom stereocenters. The standard InChI is InChI=1S/C24H25ClN2O2/c1-14(2)23-26-22-20(24(29)27(23)19-11-9-18(25)10-12-19)13-7-16(4)21(22)15(3)6-8-17(5)28/h6-7,9-14H,8H2,1-5H3/b15-6-. The minimum absolute atomic E-state index is 0.0395. The lowest BCUT2D eigenvalue weighted by molar-refractivity contribution is -0.116. The second kappa shape index (κ2) is 8.34. The monoisotopic (exact) mass is 408 g/mol. The number of nitrogens with zero attached hydrogens (tertiary/aromatic N) is 2. The van der Waals surface area contributed by atoms with Crippen LogP contribution in [0.2, 0.25) is 5.02 Å². The Morgan fingerprint density at radius 1 is 1.14 bits per heavy atom.